The fourth-order valence-electron chi connectivity index (χ4n) is 3.37. The molecule has 3 aliphatic heterocycles. The van der Waals surface area contributed by atoms with Crippen LogP contribution in [0.2, 0.25) is 0 Å². The number of hydrogen-bond donors (Lipinski definition) is 1. The van der Waals surface area contributed by atoms with E-state index in [-0.39, 0.29) is 29.2 Å². The number of rotatable bonds is 3. The molecule has 0 saturated carbocycles. The summed E-state index contributed by atoms with van der Waals surface area (Å²) in [6.45, 7) is 1.29. The van der Waals surface area contributed by atoms with Crippen molar-refractivity contribution in [1.82, 2.24) is 9.21 Å². The molecule has 2 saturated heterocycles. The highest BCUT2D eigenvalue weighted by molar-refractivity contribution is 8.00. The monoisotopic (exact) mass is 397 g/mol. The molecule has 1 atom stereocenters. The Hall–Kier alpha value is -1.78. The summed E-state index contributed by atoms with van der Waals surface area (Å²) in [5, 5.41) is 2.61. The zero-order valence-corrected chi connectivity index (χ0v) is 15.6. The molecule has 3 aliphatic rings. The van der Waals surface area contributed by atoms with Gasteiger partial charge in [0.2, 0.25) is 15.9 Å². The van der Waals surface area contributed by atoms with Gasteiger partial charge in [0.1, 0.15) is 11.8 Å². The van der Waals surface area contributed by atoms with Crippen LogP contribution in [0.5, 0.6) is 5.75 Å². The lowest BCUT2D eigenvalue weighted by atomic mass is 10.2. The van der Waals surface area contributed by atoms with Crippen molar-refractivity contribution < 1.29 is 22.7 Å². The Balaban J connectivity index is 1.62. The van der Waals surface area contributed by atoms with Gasteiger partial charge in [-0.3, -0.25) is 9.59 Å². The summed E-state index contributed by atoms with van der Waals surface area (Å²) < 4.78 is 32.8. The Morgan fingerprint density at radius 3 is 2.81 bits per heavy atom. The van der Waals surface area contributed by atoms with Crippen molar-refractivity contribution >= 4 is 39.3 Å². The van der Waals surface area contributed by atoms with Crippen LogP contribution < -0.4 is 10.1 Å². The predicted molar refractivity (Wildman–Crippen MR) is 96.5 cm³/mol. The van der Waals surface area contributed by atoms with Crippen molar-refractivity contribution in [3.63, 3.8) is 0 Å². The third kappa shape index (κ3) is 3.06. The number of ether oxygens (including phenoxy) is 1. The van der Waals surface area contributed by atoms with E-state index in [9.17, 15) is 18.0 Å². The smallest absolute Gasteiger partial charge is 0.262 e. The fraction of sp³-hybridized carbons (Fsp3) is 0.500. The molecule has 3 heterocycles. The quantitative estimate of drug-likeness (QED) is 0.807. The Kier molecular flexibility index (Phi) is 4.57. The van der Waals surface area contributed by atoms with Crippen molar-refractivity contribution in [3.05, 3.63) is 18.2 Å². The van der Waals surface area contributed by atoms with Crippen LogP contribution in [0.15, 0.2) is 23.1 Å². The second-order valence-electron chi connectivity index (χ2n) is 6.44. The Bertz CT molecular complexity index is 851. The van der Waals surface area contributed by atoms with E-state index >= 15 is 0 Å². The van der Waals surface area contributed by atoms with Crippen molar-refractivity contribution in [2.75, 3.05) is 36.6 Å². The first-order valence-electron chi connectivity index (χ1n) is 8.42. The topological polar surface area (TPSA) is 96.0 Å². The van der Waals surface area contributed by atoms with Crippen LogP contribution in [0.1, 0.15) is 12.8 Å². The maximum absolute atomic E-state index is 13.1. The molecule has 1 aromatic rings. The van der Waals surface area contributed by atoms with Crippen molar-refractivity contribution in [2.24, 2.45) is 0 Å². The molecule has 10 heteroatoms. The number of likely N-dealkylation sites (tertiary alicyclic amines) is 1. The average Bonchev–Trinajstić information content (AvgIpc) is 3.32. The molecule has 0 aliphatic carbocycles. The van der Waals surface area contributed by atoms with Gasteiger partial charge in [-0.1, -0.05) is 0 Å². The molecule has 0 unspecified atom stereocenters. The average molecular weight is 397 g/mol. The molecular formula is C16H19N3O5S2. The molecule has 8 nitrogen and oxygen atoms in total. The third-order valence-corrected chi connectivity index (χ3v) is 7.76. The summed E-state index contributed by atoms with van der Waals surface area (Å²) in [5.74, 6) is 0.687. The van der Waals surface area contributed by atoms with Gasteiger partial charge in [-0.25, -0.2) is 8.42 Å². The number of hydrogen-bond acceptors (Lipinski definition) is 6. The highest BCUT2D eigenvalue weighted by Gasteiger charge is 2.42. The molecule has 1 aromatic carbocycles. The van der Waals surface area contributed by atoms with Gasteiger partial charge >= 0.3 is 0 Å². The molecule has 2 fully saturated rings. The van der Waals surface area contributed by atoms with Gasteiger partial charge in [0, 0.05) is 18.8 Å². The molecule has 1 N–H and O–H groups in total. The number of nitrogens with zero attached hydrogens (tertiary/aromatic N) is 2. The van der Waals surface area contributed by atoms with E-state index in [2.05, 4.69) is 5.32 Å². The van der Waals surface area contributed by atoms with Crippen LogP contribution in [0.3, 0.4) is 0 Å². The Labute approximate surface area is 155 Å². The predicted octanol–water partition coefficient (Wildman–Crippen LogP) is 0.703. The van der Waals surface area contributed by atoms with Crippen LogP contribution in [-0.4, -0.2) is 66.8 Å². The van der Waals surface area contributed by atoms with Crippen LogP contribution >= 0.6 is 11.8 Å². The number of benzene rings is 1. The maximum atomic E-state index is 13.1. The third-order valence-electron chi connectivity index (χ3n) is 4.74. The van der Waals surface area contributed by atoms with E-state index in [0.717, 1.165) is 12.8 Å². The second kappa shape index (κ2) is 6.75. The lowest BCUT2D eigenvalue weighted by molar-refractivity contribution is -0.133. The van der Waals surface area contributed by atoms with Gasteiger partial charge in [0.05, 0.1) is 16.5 Å². The van der Waals surface area contributed by atoms with E-state index in [1.165, 1.54) is 34.3 Å². The molecule has 4 rings (SSSR count). The molecule has 0 spiro atoms. The number of anilines is 1. The molecular weight excluding hydrogens is 378 g/mol. The Morgan fingerprint density at radius 2 is 2.04 bits per heavy atom. The van der Waals surface area contributed by atoms with Gasteiger partial charge in [-0.15, -0.1) is 11.8 Å². The highest BCUT2D eigenvalue weighted by Crippen LogP contribution is 2.34. The number of thioether (sulfide) groups is 1. The van der Waals surface area contributed by atoms with Crippen LogP contribution in [0.4, 0.5) is 5.69 Å². The lowest BCUT2D eigenvalue weighted by Crippen LogP contribution is -2.48. The molecule has 0 radical (unpaired) electrons. The fourth-order valence-corrected chi connectivity index (χ4v) is 6.53. The van der Waals surface area contributed by atoms with Gasteiger partial charge < -0.3 is 15.0 Å². The van der Waals surface area contributed by atoms with Crippen molar-refractivity contribution in [2.45, 2.75) is 23.8 Å². The van der Waals surface area contributed by atoms with E-state index in [0.29, 0.717) is 30.3 Å². The highest BCUT2D eigenvalue weighted by atomic mass is 32.2. The van der Waals surface area contributed by atoms with Gasteiger partial charge in [0.25, 0.3) is 5.91 Å². The first-order chi connectivity index (χ1) is 12.5. The zero-order chi connectivity index (χ0) is 18.3. The minimum Gasteiger partial charge on any atom is -0.482 e. The van der Waals surface area contributed by atoms with Crippen molar-refractivity contribution in [3.8, 4) is 5.75 Å². The molecule has 2 amide bonds. The zero-order valence-electron chi connectivity index (χ0n) is 14.0. The summed E-state index contributed by atoms with van der Waals surface area (Å²) in [4.78, 5) is 26.0. The summed E-state index contributed by atoms with van der Waals surface area (Å²) in [6, 6.07) is 3.70. The minimum atomic E-state index is -3.86. The van der Waals surface area contributed by atoms with E-state index in [4.69, 9.17) is 4.74 Å². The number of carbonyl (C=O) groups is 2. The first kappa shape index (κ1) is 17.6. The molecule has 26 heavy (non-hydrogen) atoms. The van der Waals surface area contributed by atoms with Crippen molar-refractivity contribution in [1.29, 1.82) is 0 Å². The molecule has 0 bridgehead atoms. The Morgan fingerprint density at radius 1 is 1.27 bits per heavy atom. The number of nitrogens with one attached hydrogen (secondary N) is 1. The van der Waals surface area contributed by atoms with E-state index < -0.39 is 16.1 Å². The SMILES string of the molecule is O=C1COc2ccc(S(=O)(=O)N3CSC[C@H]3C(=O)N3CCCC3)cc2N1. The summed E-state index contributed by atoms with van der Waals surface area (Å²) in [6.07, 6.45) is 1.92. The standard InChI is InChI=1S/C16H19N3O5S2/c20-15-8-24-14-4-3-11(7-12(14)17-15)26(22,23)19-10-25-9-13(19)16(21)18-5-1-2-6-18/h3-4,7,13H,1-2,5-6,8-10H2,(H,17,20)/t13-/m0/s1. The van der Waals surface area contributed by atoms with Crippen LogP contribution in [-0.2, 0) is 19.6 Å². The van der Waals surface area contributed by atoms with E-state index in [1.54, 1.807) is 4.90 Å². The van der Waals surface area contributed by atoms with Crippen LogP contribution in [0, 0.1) is 0 Å². The van der Waals surface area contributed by atoms with E-state index in [1.807, 2.05) is 0 Å². The maximum Gasteiger partial charge on any atom is 0.262 e. The largest absolute Gasteiger partial charge is 0.482 e. The molecule has 140 valence electrons. The number of amides is 2. The number of carbonyl (C=O) groups excluding carboxylic acids is 2. The normalized spacial score (nSPS) is 23.5. The van der Waals surface area contributed by atoms with Gasteiger partial charge in [0.15, 0.2) is 6.61 Å². The summed E-state index contributed by atoms with van der Waals surface area (Å²) in [5.41, 5.74) is 0.330. The lowest BCUT2D eigenvalue weighted by Gasteiger charge is -2.27. The second-order valence-corrected chi connectivity index (χ2v) is 9.33. The number of fused-ring (bicyclic) bond motifs is 1. The molecule has 0 aromatic heterocycles. The number of sulfonamides is 1. The van der Waals surface area contributed by atoms with Gasteiger partial charge in [-0.05, 0) is 31.0 Å². The van der Waals surface area contributed by atoms with Crippen LogP contribution in [0.25, 0.3) is 0 Å². The summed E-state index contributed by atoms with van der Waals surface area (Å²) in [7, 11) is -3.86. The summed E-state index contributed by atoms with van der Waals surface area (Å²) >= 11 is 1.43. The van der Waals surface area contributed by atoms with Gasteiger partial charge in [-0.2, -0.15) is 4.31 Å². The first-order valence-corrected chi connectivity index (χ1v) is 11.0. The minimum absolute atomic E-state index is 0.0452.